The summed E-state index contributed by atoms with van der Waals surface area (Å²) in [6.07, 6.45) is 2.40. The Hall–Kier alpha value is -3.63. The predicted molar refractivity (Wildman–Crippen MR) is 141 cm³/mol. The summed E-state index contributed by atoms with van der Waals surface area (Å²) in [6, 6.07) is 17.4. The highest BCUT2D eigenvalue weighted by atomic mass is 32.2. The molecule has 0 bridgehead atoms. The van der Waals surface area contributed by atoms with Crippen LogP contribution in [-0.2, 0) is 26.1 Å². The van der Waals surface area contributed by atoms with Crippen molar-refractivity contribution < 1.29 is 27.1 Å². The first kappa shape index (κ1) is 27.4. The number of anilines is 1. The van der Waals surface area contributed by atoms with Gasteiger partial charge in [-0.1, -0.05) is 30.3 Å². The van der Waals surface area contributed by atoms with Gasteiger partial charge >= 0.3 is 5.97 Å². The van der Waals surface area contributed by atoms with E-state index in [1.807, 2.05) is 6.07 Å². The van der Waals surface area contributed by atoms with Crippen LogP contribution in [0.2, 0.25) is 0 Å². The molecule has 0 atom stereocenters. The van der Waals surface area contributed by atoms with Crippen molar-refractivity contribution in [2.45, 2.75) is 31.2 Å². The highest BCUT2D eigenvalue weighted by Crippen LogP contribution is 2.25. The van der Waals surface area contributed by atoms with Gasteiger partial charge in [0, 0.05) is 31.4 Å². The van der Waals surface area contributed by atoms with Gasteiger partial charge in [0.1, 0.15) is 11.6 Å². The Morgan fingerprint density at radius 3 is 2.45 bits per heavy atom. The molecule has 0 spiro atoms. The minimum atomic E-state index is -3.85. The monoisotopic (exact) mass is 539 g/mol. The van der Waals surface area contributed by atoms with Crippen molar-refractivity contribution in [1.29, 1.82) is 0 Å². The van der Waals surface area contributed by atoms with E-state index in [1.165, 1.54) is 28.6 Å². The Morgan fingerprint density at radius 1 is 1.05 bits per heavy atom. The van der Waals surface area contributed by atoms with Gasteiger partial charge in [0.15, 0.2) is 5.78 Å². The third-order valence-corrected chi connectivity index (χ3v) is 8.36. The lowest BCUT2D eigenvalue weighted by molar-refractivity contribution is -0.149. The minimum absolute atomic E-state index is 0.0286. The fraction of sp³-hybridized carbons (Fsp3) is 0.321. The Labute approximate surface area is 222 Å². The highest BCUT2D eigenvalue weighted by Gasteiger charge is 2.33. The number of pyridine rings is 1. The second-order valence-electron chi connectivity index (χ2n) is 9.05. The first-order valence-corrected chi connectivity index (χ1v) is 13.9. The molecule has 0 N–H and O–H groups in total. The minimum Gasteiger partial charge on any atom is -0.466 e. The van der Waals surface area contributed by atoms with Crippen molar-refractivity contribution in [3.63, 3.8) is 0 Å². The summed E-state index contributed by atoms with van der Waals surface area (Å²) >= 11 is 0. The molecule has 1 aliphatic heterocycles. The van der Waals surface area contributed by atoms with Gasteiger partial charge in [0.2, 0.25) is 10.0 Å². The van der Waals surface area contributed by atoms with Crippen LogP contribution in [0.25, 0.3) is 0 Å². The van der Waals surface area contributed by atoms with E-state index in [0.29, 0.717) is 31.8 Å². The van der Waals surface area contributed by atoms with E-state index in [1.54, 1.807) is 54.4 Å². The number of esters is 1. The van der Waals surface area contributed by atoms with Crippen LogP contribution in [0, 0.1) is 11.7 Å². The zero-order chi connectivity index (χ0) is 27.1. The fourth-order valence-corrected chi connectivity index (χ4v) is 5.92. The van der Waals surface area contributed by atoms with Crippen LogP contribution in [-0.4, -0.2) is 55.7 Å². The number of carbonyl (C=O) groups is 2. The maximum absolute atomic E-state index is 13.4. The van der Waals surface area contributed by atoms with E-state index in [2.05, 4.69) is 4.98 Å². The standard InChI is InChI=1S/C28H30FN3O5S/c1-2-37-28(34)22-13-16-32(17-14-22)38(35,36)25-7-5-6-23(18-25)26(33)20-31(27-8-3-4-15-30-27)19-21-9-11-24(29)12-10-21/h3-12,15,18,22H,2,13-14,16-17,19-20H2,1H3. The van der Waals surface area contributed by atoms with Crippen LogP contribution in [0.4, 0.5) is 10.2 Å². The van der Waals surface area contributed by atoms with Gasteiger partial charge in [0.25, 0.3) is 0 Å². The summed E-state index contributed by atoms with van der Waals surface area (Å²) in [7, 11) is -3.85. The topological polar surface area (TPSA) is 96.9 Å². The van der Waals surface area contributed by atoms with Crippen molar-refractivity contribution in [3.8, 4) is 0 Å². The molecule has 1 fully saturated rings. The van der Waals surface area contributed by atoms with E-state index < -0.39 is 10.0 Å². The number of benzene rings is 2. The molecule has 3 aromatic rings. The summed E-state index contributed by atoms with van der Waals surface area (Å²) in [6.45, 7) is 2.70. The summed E-state index contributed by atoms with van der Waals surface area (Å²) < 4.78 is 46.4. The van der Waals surface area contributed by atoms with Gasteiger partial charge in [-0.3, -0.25) is 9.59 Å². The Bertz CT molecular complexity index is 1360. The van der Waals surface area contributed by atoms with Gasteiger partial charge < -0.3 is 9.64 Å². The molecule has 8 nitrogen and oxygen atoms in total. The summed E-state index contributed by atoms with van der Waals surface area (Å²) in [4.78, 5) is 31.5. The quantitative estimate of drug-likeness (QED) is 0.283. The van der Waals surface area contributed by atoms with Crippen molar-refractivity contribution in [1.82, 2.24) is 9.29 Å². The van der Waals surface area contributed by atoms with Gasteiger partial charge in [-0.15, -0.1) is 0 Å². The molecular formula is C28H30FN3O5S. The first-order valence-electron chi connectivity index (χ1n) is 12.5. The van der Waals surface area contributed by atoms with E-state index >= 15 is 0 Å². The highest BCUT2D eigenvalue weighted by molar-refractivity contribution is 7.89. The number of ketones is 1. The molecule has 0 unspecified atom stereocenters. The third-order valence-electron chi connectivity index (χ3n) is 6.46. The van der Waals surface area contributed by atoms with Crippen LogP contribution in [0.1, 0.15) is 35.7 Å². The van der Waals surface area contributed by atoms with Crippen LogP contribution in [0.15, 0.2) is 77.8 Å². The molecule has 2 aromatic carbocycles. The number of aromatic nitrogens is 1. The molecule has 4 rings (SSSR count). The van der Waals surface area contributed by atoms with Crippen molar-refractivity contribution in [3.05, 3.63) is 89.9 Å². The van der Waals surface area contributed by atoms with Gasteiger partial charge in [-0.05, 0) is 61.7 Å². The van der Waals surface area contributed by atoms with Gasteiger partial charge in [0.05, 0.1) is 24.0 Å². The second-order valence-corrected chi connectivity index (χ2v) is 11.0. The average Bonchev–Trinajstić information content (AvgIpc) is 2.94. The lowest BCUT2D eigenvalue weighted by Gasteiger charge is -2.30. The average molecular weight is 540 g/mol. The maximum Gasteiger partial charge on any atom is 0.309 e. The van der Waals surface area contributed by atoms with E-state index in [4.69, 9.17) is 4.74 Å². The second kappa shape index (κ2) is 12.3. The number of hydrogen-bond donors (Lipinski definition) is 0. The zero-order valence-corrected chi connectivity index (χ0v) is 21.9. The van der Waals surface area contributed by atoms with Crippen LogP contribution < -0.4 is 4.90 Å². The number of piperidine rings is 1. The number of hydrogen-bond acceptors (Lipinski definition) is 7. The summed E-state index contributed by atoms with van der Waals surface area (Å²) in [5, 5.41) is 0. The van der Waals surface area contributed by atoms with Crippen molar-refractivity contribution in [2.24, 2.45) is 5.92 Å². The molecule has 2 heterocycles. The number of nitrogens with zero attached hydrogens (tertiary/aromatic N) is 3. The molecule has 1 aliphatic rings. The number of carbonyl (C=O) groups excluding carboxylic acids is 2. The normalized spacial score (nSPS) is 14.7. The molecule has 0 radical (unpaired) electrons. The smallest absolute Gasteiger partial charge is 0.309 e. The number of halogens is 1. The van der Waals surface area contributed by atoms with Crippen molar-refractivity contribution >= 4 is 27.6 Å². The molecular weight excluding hydrogens is 509 g/mol. The molecule has 0 saturated carbocycles. The van der Waals surface area contributed by atoms with Crippen LogP contribution in [0.3, 0.4) is 0 Å². The molecule has 0 amide bonds. The SMILES string of the molecule is CCOC(=O)C1CCN(S(=O)(=O)c2cccc(C(=O)CN(Cc3ccc(F)cc3)c3ccccn3)c2)CC1. The lowest BCUT2D eigenvalue weighted by atomic mass is 9.98. The maximum atomic E-state index is 13.4. The van der Waals surface area contributed by atoms with E-state index in [0.717, 1.165) is 5.56 Å². The van der Waals surface area contributed by atoms with E-state index in [9.17, 15) is 22.4 Å². The number of Topliss-reactive ketones (excluding diaryl/α,β-unsaturated/α-hetero) is 1. The van der Waals surface area contributed by atoms with E-state index in [-0.39, 0.29) is 53.6 Å². The van der Waals surface area contributed by atoms with Crippen molar-refractivity contribution in [2.75, 3.05) is 31.1 Å². The number of sulfonamides is 1. The Kier molecular flexibility index (Phi) is 8.85. The van der Waals surface area contributed by atoms with Crippen LogP contribution >= 0.6 is 0 Å². The largest absolute Gasteiger partial charge is 0.466 e. The molecule has 1 aromatic heterocycles. The molecule has 38 heavy (non-hydrogen) atoms. The number of rotatable bonds is 10. The lowest BCUT2D eigenvalue weighted by Crippen LogP contribution is -2.40. The zero-order valence-electron chi connectivity index (χ0n) is 21.1. The molecule has 0 aliphatic carbocycles. The number of ether oxygens (including phenoxy) is 1. The fourth-order valence-electron chi connectivity index (χ4n) is 4.40. The summed E-state index contributed by atoms with van der Waals surface area (Å²) in [5.41, 5.74) is 1.06. The predicted octanol–water partition coefficient (Wildman–Crippen LogP) is 4.07. The third kappa shape index (κ3) is 6.62. The Balaban J connectivity index is 1.49. The van der Waals surface area contributed by atoms with Gasteiger partial charge in [-0.2, -0.15) is 4.31 Å². The van der Waals surface area contributed by atoms with Crippen LogP contribution in [0.5, 0.6) is 0 Å². The molecule has 10 heteroatoms. The molecule has 200 valence electrons. The summed E-state index contributed by atoms with van der Waals surface area (Å²) in [5.74, 6) is -0.671. The molecule has 1 saturated heterocycles. The van der Waals surface area contributed by atoms with Gasteiger partial charge in [-0.25, -0.2) is 17.8 Å². The Morgan fingerprint density at radius 2 is 1.79 bits per heavy atom. The first-order chi connectivity index (χ1) is 18.3.